The number of pyridine rings is 2. The highest BCUT2D eigenvalue weighted by Crippen LogP contribution is 2.33. The Hall–Kier alpha value is -5.62. The third-order valence-electron chi connectivity index (χ3n) is 6.76. The van der Waals surface area contributed by atoms with Crippen molar-refractivity contribution in [2.45, 2.75) is 40.7 Å². The lowest BCUT2D eigenvalue weighted by Crippen LogP contribution is -2.13. The predicted molar refractivity (Wildman–Crippen MR) is 184 cm³/mol. The molecule has 6 aromatic rings. The second kappa shape index (κ2) is 17.2. The van der Waals surface area contributed by atoms with Gasteiger partial charge in [-0.25, -0.2) is 14.4 Å². The fourth-order valence-electron chi connectivity index (χ4n) is 4.98. The largest absolute Gasteiger partial charge is 0.337 e. The summed E-state index contributed by atoms with van der Waals surface area (Å²) >= 11 is 0. The lowest BCUT2D eigenvalue weighted by atomic mass is 10.0. The molecule has 12 heteroatoms. The Labute approximate surface area is 272 Å². The zero-order chi connectivity index (χ0) is 34.5. The summed E-state index contributed by atoms with van der Waals surface area (Å²) in [4.78, 5) is 45.4. The molecule has 4 heterocycles. The molecule has 1 amide bonds. The van der Waals surface area contributed by atoms with E-state index in [1.165, 1.54) is 12.1 Å². The van der Waals surface area contributed by atoms with Crippen LogP contribution in [0.2, 0.25) is 0 Å². The highest BCUT2D eigenvalue weighted by molar-refractivity contribution is 5.97. The first-order valence-corrected chi connectivity index (χ1v) is 15.0. The van der Waals surface area contributed by atoms with Gasteiger partial charge in [-0.15, -0.1) is 0 Å². The monoisotopic (exact) mass is 638 g/mol. The number of imidazole rings is 1. The summed E-state index contributed by atoms with van der Waals surface area (Å²) < 4.78 is 14.5. The number of amides is 1. The van der Waals surface area contributed by atoms with Crippen LogP contribution in [0.3, 0.4) is 0 Å². The van der Waals surface area contributed by atoms with E-state index in [4.69, 9.17) is 14.6 Å². The Kier molecular flexibility index (Phi) is 13.1. The quantitative estimate of drug-likeness (QED) is 0.143. The number of halogens is 1. The molecule has 0 bridgehead atoms. The number of benzene rings is 2. The Morgan fingerprint density at radius 2 is 1.70 bits per heavy atom. The standard InChI is InChI=1S/C31H29FN8O.C2H6.2CH2O/c1-17(2)7-27(41)36-23-11-20(14-34-16-23)21-12-25-29(39-40-30(25)35-15-21)31-37-26-6-4-5-24(28(26)38-31)19-8-18(13-33-3)9-22(32)10-19;3*1-2/h4-6,8-12,14-17,33H,7,13H2,1-3H3,(H,36,41)(H,37,38)(H,35,39,40);1-2H3;2*1H2. The zero-order valence-electron chi connectivity index (χ0n) is 27.1. The van der Waals surface area contributed by atoms with Gasteiger partial charge in [0.1, 0.15) is 25.1 Å². The van der Waals surface area contributed by atoms with Crippen LogP contribution < -0.4 is 10.6 Å². The third-order valence-corrected chi connectivity index (χ3v) is 6.76. The summed E-state index contributed by atoms with van der Waals surface area (Å²) in [6, 6.07) is 14.7. The van der Waals surface area contributed by atoms with Gasteiger partial charge in [-0.3, -0.25) is 14.9 Å². The summed E-state index contributed by atoms with van der Waals surface area (Å²) in [5.41, 5.74) is 7.46. The average Bonchev–Trinajstić information content (AvgIpc) is 3.71. The molecule has 11 nitrogen and oxygen atoms in total. The molecule has 0 unspecified atom stereocenters. The molecule has 6 rings (SSSR count). The average molecular weight is 639 g/mol. The van der Waals surface area contributed by atoms with Crippen molar-refractivity contribution in [2.24, 2.45) is 5.92 Å². The number of aromatic amines is 2. The number of aromatic nitrogens is 6. The fourth-order valence-corrected chi connectivity index (χ4v) is 4.98. The first-order chi connectivity index (χ1) is 22.9. The van der Waals surface area contributed by atoms with Crippen LogP contribution >= 0.6 is 0 Å². The van der Waals surface area contributed by atoms with E-state index in [9.17, 15) is 9.18 Å². The van der Waals surface area contributed by atoms with Crippen LogP contribution in [0.15, 0.2) is 67.1 Å². The van der Waals surface area contributed by atoms with Crippen molar-refractivity contribution in [1.82, 2.24) is 35.5 Å². The Morgan fingerprint density at radius 1 is 0.957 bits per heavy atom. The lowest BCUT2D eigenvalue weighted by Gasteiger charge is -2.08. The first kappa shape index (κ1) is 35.9. The SMILES string of the molecule is C=O.C=O.CC.CNCc1cc(F)cc(-c2cccc3[nH]c(-c4[nH]nc5ncc(-c6cncc(NC(=O)CC(C)C)c6)cc45)nc23)c1. The molecule has 0 aliphatic rings. The minimum absolute atomic E-state index is 0.0506. The Bertz CT molecular complexity index is 1930. The van der Waals surface area contributed by atoms with Crippen LogP contribution in [-0.4, -0.2) is 56.7 Å². The van der Waals surface area contributed by atoms with E-state index in [2.05, 4.69) is 35.8 Å². The Balaban J connectivity index is 0.000000947. The van der Waals surface area contributed by atoms with E-state index in [-0.39, 0.29) is 17.6 Å². The summed E-state index contributed by atoms with van der Waals surface area (Å²) in [7, 11) is 1.83. The highest BCUT2D eigenvalue weighted by Gasteiger charge is 2.17. The van der Waals surface area contributed by atoms with E-state index in [1.54, 1.807) is 18.6 Å². The smallest absolute Gasteiger partial charge is 0.224 e. The maximum Gasteiger partial charge on any atom is 0.224 e. The second-order valence-electron chi connectivity index (χ2n) is 10.5. The molecule has 0 atom stereocenters. The van der Waals surface area contributed by atoms with Crippen LogP contribution in [0.25, 0.3) is 55.8 Å². The second-order valence-corrected chi connectivity index (χ2v) is 10.5. The van der Waals surface area contributed by atoms with Crippen molar-refractivity contribution in [2.75, 3.05) is 12.4 Å². The molecule has 0 spiro atoms. The molecule has 0 aliphatic heterocycles. The Morgan fingerprint density at radius 3 is 2.43 bits per heavy atom. The number of carbonyl (C=O) groups is 3. The maximum atomic E-state index is 14.5. The van der Waals surface area contributed by atoms with Gasteiger partial charge < -0.3 is 25.2 Å². The van der Waals surface area contributed by atoms with E-state index in [0.717, 1.165) is 44.2 Å². The first-order valence-electron chi connectivity index (χ1n) is 15.0. The highest BCUT2D eigenvalue weighted by atomic mass is 19.1. The van der Waals surface area contributed by atoms with Crippen LogP contribution in [-0.2, 0) is 20.9 Å². The molecule has 2 aromatic carbocycles. The van der Waals surface area contributed by atoms with Gasteiger partial charge >= 0.3 is 0 Å². The topological polar surface area (TPSA) is 158 Å². The molecule has 0 fully saturated rings. The van der Waals surface area contributed by atoms with Crippen molar-refractivity contribution in [1.29, 1.82) is 0 Å². The van der Waals surface area contributed by atoms with Crippen molar-refractivity contribution in [3.05, 3.63) is 78.5 Å². The summed E-state index contributed by atoms with van der Waals surface area (Å²) in [5.74, 6) is 0.506. The van der Waals surface area contributed by atoms with Gasteiger partial charge in [-0.05, 0) is 60.5 Å². The number of nitrogens with one attached hydrogen (secondary N) is 4. The van der Waals surface area contributed by atoms with Gasteiger partial charge in [-0.2, -0.15) is 5.10 Å². The van der Waals surface area contributed by atoms with Crippen molar-refractivity contribution >= 4 is 47.2 Å². The van der Waals surface area contributed by atoms with Crippen molar-refractivity contribution < 1.29 is 18.8 Å². The van der Waals surface area contributed by atoms with Gasteiger partial charge in [0.2, 0.25) is 5.91 Å². The number of fused-ring (bicyclic) bond motifs is 2. The summed E-state index contributed by atoms with van der Waals surface area (Å²) in [5, 5.41) is 14.2. The molecule has 244 valence electrons. The van der Waals surface area contributed by atoms with Gasteiger partial charge in [0.05, 0.1) is 28.3 Å². The molecular formula is C35H39FN8O3. The molecule has 0 aliphatic carbocycles. The minimum Gasteiger partial charge on any atom is -0.337 e. The molecule has 47 heavy (non-hydrogen) atoms. The summed E-state index contributed by atoms with van der Waals surface area (Å²) in [6.45, 7) is 12.6. The number of rotatable bonds is 8. The number of nitrogens with zero attached hydrogens (tertiary/aromatic N) is 4. The van der Waals surface area contributed by atoms with Crippen molar-refractivity contribution in [3.8, 4) is 33.8 Å². The predicted octanol–water partition coefficient (Wildman–Crippen LogP) is 6.73. The van der Waals surface area contributed by atoms with Gasteiger partial charge in [0.25, 0.3) is 0 Å². The minimum atomic E-state index is -0.295. The number of hydrogen-bond acceptors (Lipinski definition) is 8. The molecule has 0 saturated carbocycles. The zero-order valence-corrected chi connectivity index (χ0v) is 27.1. The molecule has 0 radical (unpaired) electrons. The van der Waals surface area contributed by atoms with Crippen LogP contribution in [0.5, 0.6) is 0 Å². The number of H-pyrrole nitrogens is 2. The van der Waals surface area contributed by atoms with E-state index in [0.29, 0.717) is 35.8 Å². The number of carbonyl (C=O) groups excluding carboxylic acids is 3. The normalized spacial score (nSPS) is 10.4. The lowest BCUT2D eigenvalue weighted by molar-refractivity contribution is -0.116. The third kappa shape index (κ3) is 8.56. The maximum absolute atomic E-state index is 14.5. The number of hydrogen-bond donors (Lipinski definition) is 4. The van der Waals surface area contributed by atoms with E-state index < -0.39 is 0 Å². The molecule has 4 N–H and O–H groups in total. The van der Waals surface area contributed by atoms with Gasteiger partial charge in [-0.1, -0.05) is 39.8 Å². The van der Waals surface area contributed by atoms with Gasteiger partial charge in [0.15, 0.2) is 11.5 Å². The molecule has 4 aromatic heterocycles. The molecular weight excluding hydrogens is 599 g/mol. The molecule has 0 saturated heterocycles. The fraction of sp³-hybridized carbons (Fsp3) is 0.229. The number of anilines is 1. The number of para-hydroxylation sites is 1. The van der Waals surface area contributed by atoms with Crippen LogP contribution in [0.4, 0.5) is 10.1 Å². The van der Waals surface area contributed by atoms with Crippen LogP contribution in [0, 0.1) is 11.7 Å². The van der Waals surface area contributed by atoms with Gasteiger partial charge in [0, 0.05) is 42.0 Å². The van der Waals surface area contributed by atoms with E-state index in [1.807, 2.05) is 84.7 Å². The van der Waals surface area contributed by atoms with Crippen LogP contribution in [0.1, 0.15) is 39.7 Å². The summed E-state index contributed by atoms with van der Waals surface area (Å²) in [6.07, 6.45) is 5.53. The van der Waals surface area contributed by atoms with E-state index >= 15 is 0 Å². The van der Waals surface area contributed by atoms with Crippen molar-refractivity contribution in [3.63, 3.8) is 0 Å².